The molecule has 0 aliphatic heterocycles. The number of rotatable bonds is 5. The van der Waals surface area contributed by atoms with E-state index >= 15 is 0 Å². The van der Waals surface area contributed by atoms with Gasteiger partial charge in [0, 0.05) is 0 Å². The van der Waals surface area contributed by atoms with Gasteiger partial charge >= 0.3 is 0 Å². The van der Waals surface area contributed by atoms with Crippen LogP contribution in [0.25, 0.3) is 0 Å². The lowest BCUT2D eigenvalue weighted by Gasteiger charge is -2.44. The standard InChI is InChI=1S/C11H22N.CH4O4S/c1-7-9-12(6,10-8-2)11(3,4)5;1-5-6(2,3)4/h7-8H,1-2,9-10H2,3-6H3;1H3,(H,2,3,4)/q+1;/p-1. The third kappa shape index (κ3) is 8.41. The molecule has 0 heterocycles. The van der Waals surface area contributed by atoms with Crippen LogP contribution in [-0.2, 0) is 14.6 Å². The Bertz CT molecular complexity index is 345. The summed E-state index contributed by atoms with van der Waals surface area (Å²) in [5, 5.41) is 0. The molecule has 6 heteroatoms. The first kappa shape index (κ1) is 19.6. The second-order valence-electron chi connectivity index (χ2n) is 5.08. The zero-order chi connectivity index (χ0) is 15.0. The maximum absolute atomic E-state index is 9.22. The van der Waals surface area contributed by atoms with Crippen molar-refractivity contribution in [1.29, 1.82) is 0 Å². The van der Waals surface area contributed by atoms with Gasteiger partial charge in [-0.15, -0.1) is 0 Å². The van der Waals surface area contributed by atoms with Crippen LogP contribution in [0.2, 0.25) is 0 Å². The monoisotopic (exact) mass is 279 g/mol. The van der Waals surface area contributed by atoms with Crippen LogP contribution in [-0.4, -0.2) is 50.2 Å². The van der Waals surface area contributed by atoms with Crippen molar-refractivity contribution >= 4 is 10.4 Å². The van der Waals surface area contributed by atoms with Crippen molar-refractivity contribution in [2.24, 2.45) is 0 Å². The van der Waals surface area contributed by atoms with Crippen LogP contribution in [0.5, 0.6) is 0 Å². The Hall–Kier alpha value is -0.690. The Kier molecular flexibility index (Phi) is 8.38. The summed E-state index contributed by atoms with van der Waals surface area (Å²) in [6.07, 6.45) is 3.96. The first-order valence-electron chi connectivity index (χ1n) is 5.51. The van der Waals surface area contributed by atoms with Crippen molar-refractivity contribution in [3.63, 3.8) is 0 Å². The lowest BCUT2D eigenvalue weighted by Crippen LogP contribution is -2.57. The second kappa shape index (κ2) is 7.68. The molecule has 0 amide bonds. The van der Waals surface area contributed by atoms with Crippen LogP contribution in [0.3, 0.4) is 0 Å². The van der Waals surface area contributed by atoms with Crippen LogP contribution in [0, 0.1) is 0 Å². The molecule has 0 bridgehead atoms. The first-order chi connectivity index (χ1) is 7.93. The van der Waals surface area contributed by atoms with Crippen LogP contribution in [0.1, 0.15) is 20.8 Å². The molecule has 0 N–H and O–H groups in total. The van der Waals surface area contributed by atoms with Gasteiger partial charge in [-0.2, -0.15) is 0 Å². The van der Waals surface area contributed by atoms with E-state index in [2.05, 4.69) is 45.2 Å². The minimum atomic E-state index is -4.41. The minimum Gasteiger partial charge on any atom is -0.726 e. The number of likely N-dealkylation sites (N-methyl/N-ethyl adjacent to an activating group) is 1. The highest BCUT2D eigenvalue weighted by molar-refractivity contribution is 7.80. The summed E-state index contributed by atoms with van der Waals surface area (Å²) < 4.78 is 32.0. The molecule has 0 spiro atoms. The molecule has 0 aliphatic carbocycles. The van der Waals surface area contributed by atoms with E-state index in [1.807, 2.05) is 12.2 Å². The summed E-state index contributed by atoms with van der Waals surface area (Å²) in [7, 11) is -1.36. The molecule has 18 heavy (non-hydrogen) atoms. The summed E-state index contributed by atoms with van der Waals surface area (Å²) in [5.74, 6) is 0. The molecule has 0 saturated heterocycles. The van der Waals surface area contributed by atoms with E-state index in [1.54, 1.807) is 0 Å². The van der Waals surface area contributed by atoms with Gasteiger partial charge in [0.05, 0.1) is 32.8 Å². The highest BCUT2D eigenvalue weighted by Gasteiger charge is 2.33. The largest absolute Gasteiger partial charge is 0.726 e. The molecule has 0 rings (SSSR count). The number of nitrogens with zero attached hydrogens (tertiary/aromatic N) is 1. The van der Waals surface area contributed by atoms with Gasteiger partial charge in [0.25, 0.3) is 0 Å². The van der Waals surface area contributed by atoms with E-state index in [4.69, 9.17) is 0 Å². The summed E-state index contributed by atoms with van der Waals surface area (Å²) >= 11 is 0. The van der Waals surface area contributed by atoms with E-state index in [0.717, 1.165) is 24.7 Å². The average molecular weight is 279 g/mol. The van der Waals surface area contributed by atoms with Crippen molar-refractivity contribution < 1.29 is 21.6 Å². The third-order valence-electron chi connectivity index (χ3n) is 2.89. The zero-order valence-electron chi connectivity index (χ0n) is 12.0. The first-order valence-corrected chi connectivity index (χ1v) is 6.84. The molecule has 0 saturated carbocycles. The summed E-state index contributed by atoms with van der Waals surface area (Å²) in [5.41, 5.74) is 0.252. The molecule has 0 aromatic heterocycles. The highest BCUT2D eigenvalue weighted by atomic mass is 32.3. The van der Waals surface area contributed by atoms with Gasteiger partial charge in [0.15, 0.2) is 0 Å². The number of hydrogen-bond donors (Lipinski definition) is 0. The van der Waals surface area contributed by atoms with Crippen LogP contribution < -0.4 is 0 Å². The van der Waals surface area contributed by atoms with Gasteiger partial charge in [-0.25, -0.2) is 8.42 Å². The molecule has 0 unspecified atom stereocenters. The predicted octanol–water partition coefficient (Wildman–Crippen LogP) is 1.70. The van der Waals surface area contributed by atoms with Gasteiger partial charge in [-0.3, -0.25) is 4.18 Å². The fourth-order valence-corrected chi connectivity index (χ4v) is 1.19. The van der Waals surface area contributed by atoms with Gasteiger partial charge in [0.2, 0.25) is 10.4 Å². The normalized spacial score (nSPS) is 12.3. The molecule has 0 fully saturated rings. The fourth-order valence-electron chi connectivity index (χ4n) is 1.19. The van der Waals surface area contributed by atoms with E-state index < -0.39 is 10.4 Å². The summed E-state index contributed by atoms with van der Waals surface area (Å²) in [6.45, 7) is 16.3. The van der Waals surface area contributed by atoms with Crippen molar-refractivity contribution in [1.82, 2.24) is 0 Å². The smallest absolute Gasteiger partial charge is 0.217 e. The molecule has 108 valence electrons. The molecule has 0 radical (unpaired) electrons. The minimum absolute atomic E-state index is 0.252. The van der Waals surface area contributed by atoms with Crippen LogP contribution in [0.15, 0.2) is 25.3 Å². The molecular formula is C12H25NO4S. The summed E-state index contributed by atoms with van der Waals surface area (Å²) in [4.78, 5) is 0. The van der Waals surface area contributed by atoms with Crippen molar-refractivity contribution in [3.05, 3.63) is 25.3 Å². The Balaban J connectivity index is 0. The molecule has 0 aliphatic rings. The van der Waals surface area contributed by atoms with E-state index in [-0.39, 0.29) is 5.54 Å². The lowest BCUT2D eigenvalue weighted by atomic mass is 10.0. The molecule has 5 nitrogen and oxygen atoms in total. The maximum atomic E-state index is 9.22. The average Bonchev–Trinajstić information content (AvgIpc) is 2.16. The highest BCUT2D eigenvalue weighted by Crippen LogP contribution is 2.21. The third-order valence-corrected chi connectivity index (χ3v) is 3.30. The van der Waals surface area contributed by atoms with Crippen LogP contribution >= 0.6 is 0 Å². The quantitative estimate of drug-likeness (QED) is 0.332. The molecule has 0 atom stereocenters. The number of hydrogen-bond acceptors (Lipinski definition) is 4. The van der Waals surface area contributed by atoms with Gasteiger partial charge < -0.3 is 9.04 Å². The van der Waals surface area contributed by atoms with Gasteiger partial charge in [-0.05, 0) is 32.9 Å². The topological polar surface area (TPSA) is 66.4 Å². The Morgan fingerprint density at radius 3 is 1.61 bits per heavy atom. The van der Waals surface area contributed by atoms with Gasteiger partial charge in [0.1, 0.15) is 0 Å². The summed E-state index contributed by atoms with van der Waals surface area (Å²) in [6, 6.07) is 0. The lowest BCUT2D eigenvalue weighted by molar-refractivity contribution is -0.943. The molecular weight excluding hydrogens is 254 g/mol. The van der Waals surface area contributed by atoms with Crippen molar-refractivity contribution in [2.75, 3.05) is 27.2 Å². The Labute approximate surface area is 111 Å². The fraction of sp³-hybridized carbons (Fsp3) is 0.667. The van der Waals surface area contributed by atoms with E-state index in [1.165, 1.54) is 0 Å². The molecule has 0 aromatic carbocycles. The Morgan fingerprint density at radius 2 is 1.50 bits per heavy atom. The van der Waals surface area contributed by atoms with Crippen molar-refractivity contribution in [2.45, 2.75) is 26.3 Å². The predicted molar refractivity (Wildman–Crippen MR) is 72.8 cm³/mol. The molecule has 0 aromatic rings. The van der Waals surface area contributed by atoms with E-state index in [0.29, 0.717) is 0 Å². The van der Waals surface area contributed by atoms with Crippen molar-refractivity contribution in [3.8, 4) is 0 Å². The SMILES string of the molecule is C=CC[N+](C)(CC=C)C(C)(C)C.COS(=O)(=O)[O-]. The van der Waals surface area contributed by atoms with Crippen LogP contribution in [0.4, 0.5) is 0 Å². The van der Waals surface area contributed by atoms with Gasteiger partial charge in [-0.1, -0.05) is 13.2 Å². The van der Waals surface area contributed by atoms with E-state index in [9.17, 15) is 13.0 Å². The number of quaternary nitrogens is 1. The zero-order valence-corrected chi connectivity index (χ0v) is 12.8. The maximum Gasteiger partial charge on any atom is 0.217 e. The second-order valence-corrected chi connectivity index (χ2v) is 6.23. The Morgan fingerprint density at radius 1 is 1.22 bits per heavy atom.